The molecule has 0 fully saturated rings. The summed E-state index contributed by atoms with van der Waals surface area (Å²) >= 11 is 22.2. The van der Waals surface area contributed by atoms with Gasteiger partial charge in [-0.05, 0) is 48.0 Å². The molecule has 0 N–H and O–H groups in total. The van der Waals surface area contributed by atoms with Crippen LogP contribution in [0.2, 0.25) is 15.1 Å². The summed E-state index contributed by atoms with van der Waals surface area (Å²) in [6.07, 6.45) is 0.354. The Morgan fingerprint density at radius 2 is 1.72 bits per heavy atom. The molecule has 0 saturated heterocycles. The van der Waals surface area contributed by atoms with Crippen LogP contribution in [-0.2, 0) is 0 Å². The Kier molecular flexibility index (Phi) is 4.99. The van der Waals surface area contributed by atoms with E-state index in [4.69, 9.17) is 44.6 Å². The lowest BCUT2D eigenvalue weighted by molar-refractivity contribution is -0.0190. The topological polar surface area (TPSA) is 24.8 Å². The minimum atomic E-state index is -0.406. The first-order valence-corrected chi connectivity index (χ1v) is 10.9. The van der Waals surface area contributed by atoms with Gasteiger partial charge in [-0.25, -0.2) is 5.01 Å². The molecule has 3 nitrogen and oxygen atoms in total. The van der Waals surface area contributed by atoms with Gasteiger partial charge in [-0.1, -0.05) is 68.9 Å². The van der Waals surface area contributed by atoms with E-state index in [1.165, 1.54) is 0 Å². The Hall–Kier alpha value is -1.72. The Morgan fingerprint density at radius 3 is 2.48 bits per heavy atom. The number of hydrogen-bond donors (Lipinski definition) is 0. The molecule has 2 aliphatic heterocycles. The summed E-state index contributed by atoms with van der Waals surface area (Å²) in [5.74, 6) is 0.805. The third-order valence-electron chi connectivity index (χ3n) is 5.16. The summed E-state index contributed by atoms with van der Waals surface area (Å²) < 4.78 is 7.37. The zero-order chi connectivity index (χ0) is 20.1. The van der Waals surface area contributed by atoms with E-state index in [9.17, 15) is 0 Å². The summed E-state index contributed by atoms with van der Waals surface area (Å²) in [6.45, 7) is 0. The summed E-state index contributed by atoms with van der Waals surface area (Å²) in [5.41, 5.74) is 4.01. The van der Waals surface area contributed by atoms with Crippen LogP contribution in [0.3, 0.4) is 0 Å². The average molecular weight is 509 g/mol. The number of halogens is 4. The van der Waals surface area contributed by atoms with Crippen LogP contribution in [0.1, 0.15) is 35.4 Å². The van der Waals surface area contributed by atoms with Crippen LogP contribution >= 0.6 is 50.7 Å². The number of rotatable bonds is 2. The van der Waals surface area contributed by atoms with E-state index in [0.29, 0.717) is 15.1 Å². The third kappa shape index (κ3) is 3.53. The van der Waals surface area contributed by atoms with Gasteiger partial charge < -0.3 is 4.74 Å². The first-order chi connectivity index (χ1) is 14.0. The molecule has 2 heterocycles. The van der Waals surface area contributed by atoms with Crippen molar-refractivity contribution in [2.75, 3.05) is 0 Å². The van der Waals surface area contributed by atoms with Crippen LogP contribution in [0.15, 0.2) is 70.2 Å². The summed E-state index contributed by atoms with van der Waals surface area (Å²) in [5, 5.41) is 8.61. The van der Waals surface area contributed by atoms with Crippen LogP contribution in [0, 0.1) is 0 Å². The van der Waals surface area contributed by atoms with E-state index in [2.05, 4.69) is 28.1 Å². The van der Waals surface area contributed by atoms with Crippen molar-refractivity contribution in [1.29, 1.82) is 0 Å². The molecule has 7 heteroatoms. The van der Waals surface area contributed by atoms with Crippen LogP contribution < -0.4 is 4.74 Å². The third-order valence-corrected chi connectivity index (χ3v) is 6.66. The smallest absolute Gasteiger partial charge is 0.213 e. The van der Waals surface area contributed by atoms with Crippen LogP contribution in [0.4, 0.5) is 0 Å². The molecule has 0 aromatic heterocycles. The lowest BCUT2D eigenvalue weighted by Gasteiger charge is -2.38. The highest BCUT2D eigenvalue weighted by molar-refractivity contribution is 9.10. The van der Waals surface area contributed by atoms with E-state index in [-0.39, 0.29) is 6.04 Å². The van der Waals surface area contributed by atoms with Gasteiger partial charge in [0.25, 0.3) is 0 Å². The summed E-state index contributed by atoms with van der Waals surface area (Å²) in [6, 6.07) is 19.4. The molecule has 0 amide bonds. The first-order valence-electron chi connectivity index (χ1n) is 9.02. The molecule has 2 atom stereocenters. The van der Waals surface area contributed by atoms with E-state index in [0.717, 1.165) is 39.0 Å². The minimum Gasteiger partial charge on any atom is -0.464 e. The molecule has 3 aromatic carbocycles. The molecule has 0 saturated carbocycles. The first kappa shape index (κ1) is 19.3. The highest BCUT2D eigenvalue weighted by atomic mass is 79.9. The SMILES string of the molecule is Clc1ccc2c(c1)[C@@H]1CC(c3ccc(Br)cc3)=NN1[C@H](c1ccc(Cl)c(Cl)c1)O2. The number of nitrogens with zero attached hydrogens (tertiary/aromatic N) is 2. The lowest BCUT2D eigenvalue weighted by atomic mass is 9.96. The maximum Gasteiger partial charge on any atom is 0.213 e. The number of fused-ring (bicyclic) bond motifs is 3. The van der Waals surface area contributed by atoms with E-state index in [1.54, 1.807) is 6.07 Å². The highest BCUT2D eigenvalue weighted by Crippen LogP contribution is 2.48. The average Bonchev–Trinajstić information content (AvgIpc) is 3.16. The fourth-order valence-corrected chi connectivity index (χ4v) is 4.51. The quantitative estimate of drug-likeness (QED) is 0.355. The fraction of sp³-hybridized carbons (Fsp3) is 0.136. The standard InChI is InChI=1S/C22H14BrCl3N2O/c23-14-4-1-12(2-5-14)19-11-20-16-10-15(24)6-8-21(16)29-22(28(20)27-19)13-3-7-17(25)18(26)9-13/h1-10,20,22H,11H2/t20-,22-/m0/s1. The number of hydrogen-bond acceptors (Lipinski definition) is 3. The van der Waals surface area contributed by atoms with Crippen molar-refractivity contribution in [1.82, 2.24) is 5.01 Å². The second-order valence-corrected chi connectivity index (χ2v) is 9.15. The maximum absolute atomic E-state index is 6.34. The number of hydrazone groups is 1. The second kappa shape index (κ2) is 7.51. The number of benzene rings is 3. The Morgan fingerprint density at radius 1 is 0.931 bits per heavy atom. The summed E-state index contributed by atoms with van der Waals surface area (Å²) in [4.78, 5) is 0. The van der Waals surface area contributed by atoms with Crippen molar-refractivity contribution in [3.8, 4) is 5.75 Å². The molecule has 2 aliphatic rings. The van der Waals surface area contributed by atoms with Gasteiger partial charge in [-0.15, -0.1) is 0 Å². The molecule has 0 spiro atoms. The Bertz CT molecular complexity index is 1130. The van der Waals surface area contributed by atoms with E-state index >= 15 is 0 Å². The monoisotopic (exact) mass is 506 g/mol. The fourth-order valence-electron chi connectivity index (χ4n) is 3.76. The zero-order valence-corrected chi connectivity index (χ0v) is 18.8. The van der Waals surface area contributed by atoms with Crippen LogP contribution in [0.5, 0.6) is 5.75 Å². The Balaban J connectivity index is 1.61. The van der Waals surface area contributed by atoms with Gasteiger partial charge in [0.15, 0.2) is 0 Å². The van der Waals surface area contributed by atoms with Crippen LogP contribution in [-0.4, -0.2) is 10.7 Å². The molecule has 0 unspecified atom stereocenters. The molecular formula is C22H14BrCl3N2O. The van der Waals surface area contributed by atoms with E-state index < -0.39 is 6.23 Å². The Labute approximate surface area is 192 Å². The predicted octanol–water partition coefficient (Wildman–Crippen LogP) is 7.65. The van der Waals surface area contributed by atoms with Crippen molar-refractivity contribution in [2.24, 2.45) is 5.10 Å². The molecule has 5 rings (SSSR count). The van der Waals surface area contributed by atoms with Crippen molar-refractivity contribution in [3.63, 3.8) is 0 Å². The van der Waals surface area contributed by atoms with Crippen molar-refractivity contribution in [2.45, 2.75) is 18.7 Å². The number of ether oxygens (including phenoxy) is 1. The second-order valence-electron chi connectivity index (χ2n) is 6.98. The van der Waals surface area contributed by atoms with E-state index in [1.807, 2.05) is 47.5 Å². The van der Waals surface area contributed by atoms with Crippen molar-refractivity contribution < 1.29 is 4.74 Å². The van der Waals surface area contributed by atoms with Crippen molar-refractivity contribution >= 4 is 56.4 Å². The molecule has 146 valence electrons. The van der Waals surface area contributed by atoms with Gasteiger partial charge in [0.05, 0.1) is 21.8 Å². The molecule has 29 heavy (non-hydrogen) atoms. The van der Waals surface area contributed by atoms with Gasteiger partial charge in [-0.2, -0.15) is 5.10 Å². The largest absolute Gasteiger partial charge is 0.464 e. The molecular weight excluding hydrogens is 495 g/mol. The minimum absolute atomic E-state index is 0.0237. The van der Waals surface area contributed by atoms with Gasteiger partial charge in [-0.3, -0.25) is 0 Å². The van der Waals surface area contributed by atoms with Gasteiger partial charge in [0.1, 0.15) is 5.75 Å². The molecule has 0 bridgehead atoms. The maximum atomic E-state index is 6.34. The molecule has 0 aliphatic carbocycles. The highest BCUT2D eigenvalue weighted by Gasteiger charge is 2.41. The van der Waals surface area contributed by atoms with Gasteiger partial charge >= 0.3 is 0 Å². The van der Waals surface area contributed by atoms with Crippen molar-refractivity contribution in [3.05, 3.63) is 96.9 Å². The predicted molar refractivity (Wildman–Crippen MR) is 121 cm³/mol. The summed E-state index contributed by atoms with van der Waals surface area (Å²) in [7, 11) is 0. The normalized spacial score (nSPS) is 20.0. The molecule has 0 radical (unpaired) electrons. The zero-order valence-electron chi connectivity index (χ0n) is 14.9. The van der Waals surface area contributed by atoms with Gasteiger partial charge in [0, 0.05) is 27.0 Å². The van der Waals surface area contributed by atoms with Gasteiger partial charge in [0.2, 0.25) is 6.23 Å². The van der Waals surface area contributed by atoms with Crippen LogP contribution in [0.25, 0.3) is 0 Å². The molecule has 3 aromatic rings. The lowest BCUT2D eigenvalue weighted by Crippen LogP contribution is -2.33.